The summed E-state index contributed by atoms with van der Waals surface area (Å²) in [6.45, 7) is 7.14. The van der Waals surface area contributed by atoms with E-state index in [1.54, 1.807) is 12.1 Å². The van der Waals surface area contributed by atoms with Crippen molar-refractivity contribution in [2.24, 2.45) is 11.8 Å². The summed E-state index contributed by atoms with van der Waals surface area (Å²) in [6.07, 6.45) is 0. The third-order valence-electron chi connectivity index (χ3n) is 2.85. The fourth-order valence-electron chi connectivity index (χ4n) is 1.23. The maximum absolute atomic E-state index is 13.5. The number of benzene rings is 1. The first kappa shape index (κ1) is 12.5. The molecule has 0 aliphatic heterocycles. The van der Waals surface area contributed by atoms with Crippen molar-refractivity contribution < 1.29 is 4.39 Å². The highest BCUT2D eigenvalue weighted by Crippen LogP contribution is 2.17. The quantitative estimate of drug-likeness (QED) is 0.844. The number of hydrogen-bond acceptors (Lipinski definition) is 2. The number of nitrogens with one attached hydrogen (secondary N) is 1. The second-order valence-corrected chi connectivity index (χ2v) is 4.41. The Morgan fingerprint density at radius 2 is 2.06 bits per heavy atom. The van der Waals surface area contributed by atoms with E-state index in [2.05, 4.69) is 26.1 Å². The van der Waals surface area contributed by atoms with E-state index in [-0.39, 0.29) is 5.82 Å². The van der Waals surface area contributed by atoms with E-state index < -0.39 is 0 Å². The summed E-state index contributed by atoms with van der Waals surface area (Å²) in [5, 5.41) is 11.7. The van der Waals surface area contributed by atoms with Gasteiger partial charge in [0.05, 0.1) is 17.3 Å². The molecule has 1 unspecified atom stereocenters. The van der Waals surface area contributed by atoms with Crippen molar-refractivity contribution in [1.29, 1.82) is 5.26 Å². The van der Waals surface area contributed by atoms with Gasteiger partial charge in [-0.3, -0.25) is 0 Å². The lowest BCUT2D eigenvalue weighted by atomic mass is 9.98. The fraction of sp³-hybridized carbons (Fsp3) is 0.462. The van der Waals surface area contributed by atoms with Crippen LogP contribution in [-0.4, -0.2) is 6.54 Å². The average Bonchev–Trinajstić information content (AvgIpc) is 2.26. The minimum Gasteiger partial charge on any atom is -0.382 e. The Bertz CT molecular complexity index is 393. The van der Waals surface area contributed by atoms with Gasteiger partial charge in [0.1, 0.15) is 5.82 Å². The molecule has 2 nitrogen and oxygen atoms in total. The lowest BCUT2D eigenvalue weighted by Crippen LogP contribution is -2.16. The molecule has 86 valence electrons. The highest BCUT2D eigenvalue weighted by Gasteiger charge is 2.08. The predicted octanol–water partition coefficient (Wildman–Crippen LogP) is 3.40. The van der Waals surface area contributed by atoms with Crippen LogP contribution in [0.4, 0.5) is 10.1 Å². The van der Waals surface area contributed by atoms with Gasteiger partial charge < -0.3 is 5.32 Å². The zero-order valence-corrected chi connectivity index (χ0v) is 9.92. The van der Waals surface area contributed by atoms with Crippen LogP contribution < -0.4 is 5.32 Å². The minimum atomic E-state index is -0.366. The minimum absolute atomic E-state index is 0.347. The van der Waals surface area contributed by atoms with Crippen molar-refractivity contribution >= 4 is 5.69 Å². The molecular weight excluding hydrogens is 203 g/mol. The van der Waals surface area contributed by atoms with Crippen molar-refractivity contribution in [3.63, 3.8) is 0 Å². The molecular formula is C13H17FN2. The normalized spacial score (nSPS) is 12.2. The second-order valence-electron chi connectivity index (χ2n) is 4.41. The molecule has 1 atom stereocenters. The summed E-state index contributed by atoms with van der Waals surface area (Å²) >= 11 is 0. The van der Waals surface area contributed by atoms with Gasteiger partial charge in [0.15, 0.2) is 0 Å². The Balaban J connectivity index is 2.65. The molecule has 0 amide bonds. The van der Waals surface area contributed by atoms with Crippen LogP contribution in [0.3, 0.4) is 0 Å². The van der Waals surface area contributed by atoms with Crippen LogP contribution in [0.2, 0.25) is 0 Å². The molecule has 1 N–H and O–H groups in total. The molecule has 3 heteroatoms. The second kappa shape index (κ2) is 5.50. The molecule has 0 aliphatic rings. The maximum Gasteiger partial charge on any atom is 0.147 e. The van der Waals surface area contributed by atoms with E-state index in [0.717, 1.165) is 6.54 Å². The van der Waals surface area contributed by atoms with Crippen molar-refractivity contribution in [2.75, 3.05) is 11.9 Å². The van der Waals surface area contributed by atoms with Crippen LogP contribution in [0.1, 0.15) is 26.3 Å². The van der Waals surface area contributed by atoms with Gasteiger partial charge in [-0.15, -0.1) is 0 Å². The molecule has 0 spiro atoms. The summed E-state index contributed by atoms with van der Waals surface area (Å²) < 4.78 is 13.5. The number of nitrogens with zero attached hydrogens (tertiary/aromatic N) is 1. The number of halogens is 1. The summed E-state index contributed by atoms with van der Waals surface area (Å²) in [7, 11) is 0. The molecule has 0 fully saturated rings. The van der Waals surface area contributed by atoms with Crippen molar-refractivity contribution in [2.45, 2.75) is 20.8 Å². The molecule has 1 aromatic carbocycles. The van der Waals surface area contributed by atoms with Gasteiger partial charge in [-0.1, -0.05) is 20.8 Å². The van der Waals surface area contributed by atoms with Gasteiger partial charge in [0.25, 0.3) is 0 Å². The topological polar surface area (TPSA) is 35.8 Å². The molecule has 0 saturated carbocycles. The number of hydrogen-bond donors (Lipinski definition) is 1. The van der Waals surface area contributed by atoms with E-state index in [9.17, 15) is 4.39 Å². The largest absolute Gasteiger partial charge is 0.382 e. The van der Waals surface area contributed by atoms with Gasteiger partial charge in [-0.25, -0.2) is 4.39 Å². The smallest absolute Gasteiger partial charge is 0.147 e. The molecule has 0 heterocycles. The lowest BCUT2D eigenvalue weighted by Gasteiger charge is -2.17. The molecule has 0 aliphatic carbocycles. The lowest BCUT2D eigenvalue weighted by molar-refractivity contribution is 0.439. The first-order chi connectivity index (χ1) is 7.54. The Morgan fingerprint density at radius 1 is 1.38 bits per heavy atom. The van der Waals surface area contributed by atoms with E-state index in [1.165, 1.54) is 6.07 Å². The molecule has 1 rings (SSSR count). The molecule has 0 saturated heterocycles. The Morgan fingerprint density at radius 3 is 2.56 bits per heavy atom. The van der Waals surface area contributed by atoms with Crippen molar-refractivity contribution in [3.8, 4) is 6.07 Å². The van der Waals surface area contributed by atoms with Crippen molar-refractivity contribution in [3.05, 3.63) is 29.6 Å². The summed E-state index contributed by atoms with van der Waals surface area (Å²) in [6, 6.07) is 6.39. The van der Waals surface area contributed by atoms with E-state index >= 15 is 0 Å². The van der Waals surface area contributed by atoms with Crippen LogP contribution >= 0.6 is 0 Å². The summed E-state index contributed by atoms with van der Waals surface area (Å²) in [5.74, 6) is 0.680. The molecule has 1 aromatic rings. The van der Waals surface area contributed by atoms with Crippen molar-refractivity contribution in [1.82, 2.24) is 0 Å². The first-order valence-electron chi connectivity index (χ1n) is 5.48. The number of rotatable bonds is 4. The predicted molar refractivity (Wildman–Crippen MR) is 63.6 cm³/mol. The SMILES string of the molecule is CC(C)C(C)CNc1ccc(C#N)cc1F. The molecule has 16 heavy (non-hydrogen) atoms. The van der Waals surface area contributed by atoms with Gasteiger partial charge in [0, 0.05) is 6.54 Å². The van der Waals surface area contributed by atoms with Crippen LogP contribution in [0.5, 0.6) is 0 Å². The molecule has 0 aromatic heterocycles. The Labute approximate surface area is 96.1 Å². The van der Waals surface area contributed by atoms with Gasteiger partial charge in [0.2, 0.25) is 0 Å². The highest BCUT2D eigenvalue weighted by molar-refractivity contribution is 5.48. The van der Waals surface area contributed by atoms with Crippen LogP contribution in [0.15, 0.2) is 18.2 Å². The molecule has 0 bridgehead atoms. The van der Waals surface area contributed by atoms with E-state index in [4.69, 9.17) is 5.26 Å². The first-order valence-corrected chi connectivity index (χ1v) is 5.48. The van der Waals surface area contributed by atoms with Gasteiger partial charge in [-0.2, -0.15) is 5.26 Å². The Hall–Kier alpha value is -1.56. The average molecular weight is 220 g/mol. The summed E-state index contributed by atoms with van der Waals surface area (Å²) in [4.78, 5) is 0. The van der Waals surface area contributed by atoms with Crippen LogP contribution in [0, 0.1) is 29.0 Å². The third kappa shape index (κ3) is 3.23. The summed E-state index contributed by atoms with van der Waals surface area (Å²) in [5.41, 5.74) is 0.812. The van der Waals surface area contributed by atoms with E-state index in [0.29, 0.717) is 23.1 Å². The van der Waals surface area contributed by atoms with E-state index in [1.807, 2.05) is 6.07 Å². The zero-order chi connectivity index (χ0) is 12.1. The zero-order valence-electron chi connectivity index (χ0n) is 9.92. The standard InChI is InChI=1S/C13H17FN2/c1-9(2)10(3)8-16-13-5-4-11(7-15)6-12(13)14/h4-6,9-10,16H,8H2,1-3H3. The Kier molecular flexibility index (Phi) is 4.30. The monoisotopic (exact) mass is 220 g/mol. The van der Waals surface area contributed by atoms with Crippen LogP contribution in [0.25, 0.3) is 0 Å². The molecule has 0 radical (unpaired) electrons. The number of anilines is 1. The maximum atomic E-state index is 13.5. The third-order valence-corrected chi connectivity index (χ3v) is 2.85. The number of nitriles is 1. The highest BCUT2D eigenvalue weighted by atomic mass is 19.1. The fourth-order valence-corrected chi connectivity index (χ4v) is 1.23. The van der Waals surface area contributed by atoms with Gasteiger partial charge >= 0.3 is 0 Å². The van der Waals surface area contributed by atoms with Crippen LogP contribution in [-0.2, 0) is 0 Å². The van der Waals surface area contributed by atoms with Gasteiger partial charge in [-0.05, 0) is 30.0 Å².